The van der Waals surface area contributed by atoms with Gasteiger partial charge in [0.1, 0.15) is 30.4 Å². The quantitative estimate of drug-likeness (QED) is 0.347. The Morgan fingerprint density at radius 2 is 1.56 bits per heavy atom. The molecule has 5 atom stereocenters. The fraction of sp³-hybridized carbons (Fsp3) is 0.462. The largest absolute Gasteiger partial charge is 0.573 e. The van der Waals surface area contributed by atoms with Gasteiger partial charge < -0.3 is 23.7 Å². The third-order valence-corrected chi connectivity index (χ3v) is 6.27. The van der Waals surface area contributed by atoms with E-state index in [1.807, 2.05) is 31.2 Å². The van der Waals surface area contributed by atoms with E-state index in [4.69, 9.17) is 23.8 Å². The smallest absolute Gasteiger partial charge is 0.406 e. The molecular weight excluding hydrogens is 521 g/mol. The number of halogens is 3. The van der Waals surface area contributed by atoms with Crippen LogP contribution in [0, 0.1) is 0 Å². The molecule has 212 valence electrons. The molecule has 0 bridgehead atoms. The Labute approximate surface area is 224 Å². The molecule has 0 N–H and O–H groups in total. The average molecular weight is 553 g/mol. The van der Waals surface area contributed by atoms with Gasteiger partial charge in [-0.1, -0.05) is 24.3 Å². The third-order valence-electron chi connectivity index (χ3n) is 6.27. The van der Waals surface area contributed by atoms with Gasteiger partial charge in [0.2, 0.25) is 6.29 Å². The Morgan fingerprint density at radius 3 is 2.15 bits per heavy atom. The molecule has 1 aliphatic rings. The fourth-order valence-corrected chi connectivity index (χ4v) is 4.45. The van der Waals surface area contributed by atoms with Gasteiger partial charge in [-0.15, -0.1) is 18.3 Å². The number of hydroxylamine groups is 2. The van der Waals surface area contributed by atoms with Crippen LogP contribution in [0.3, 0.4) is 0 Å². The van der Waals surface area contributed by atoms with E-state index in [0.717, 1.165) is 11.1 Å². The first-order chi connectivity index (χ1) is 18.6. The van der Waals surface area contributed by atoms with Gasteiger partial charge in [-0.25, -0.2) is 9.67 Å². The monoisotopic (exact) mass is 552 g/mol. The summed E-state index contributed by atoms with van der Waals surface area (Å²) in [6.07, 6.45) is -5.35. The predicted molar refractivity (Wildman–Crippen MR) is 133 cm³/mol. The van der Waals surface area contributed by atoms with Crippen LogP contribution in [0.25, 0.3) is 17.1 Å². The van der Waals surface area contributed by atoms with Crippen LogP contribution in [0.1, 0.15) is 12.5 Å². The molecule has 2 aromatic carbocycles. The normalized spacial score (nSPS) is 23.8. The number of hydrogen-bond acceptors (Lipinski definition) is 9. The van der Waals surface area contributed by atoms with Crippen molar-refractivity contribution in [1.29, 1.82) is 0 Å². The van der Waals surface area contributed by atoms with Crippen molar-refractivity contribution in [3.8, 4) is 22.8 Å². The Bertz CT molecular complexity index is 1190. The summed E-state index contributed by atoms with van der Waals surface area (Å²) in [5.41, 5.74) is 2.28. The number of methoxy groups -OCH3 is 3. The molecule has 1 fully saturated rings. The van der Waals surface area contributed by atoms with Gasteiger partial charge >= 0.3 is 6.36 Å². The summed E-state index contributed by atoms with van der Waals surface area (Å²) in [5.74, 6) is 0.156. The molecule has 0 aliphatic carbocycles. The zero-order chi connectivity index (χ0) is 28.2. The van der Waals surface area contributed by atoms with Crippen LogP contribution in [0.4, 0.5) is 13.2 Å². The topological polar surface area (TPSA) is 89.3 Å². The van der Waals surface area contributed by atoms with E-state index >= 15 is 0 Å². The number of alkyl halides is 3. The molecule has 4 rings (SSSR count). The van der Waals surface area contributed by atoms with Crippen LogP contribution in [-0.4, -0.2) is 85.3 Å². The van der Waals surface area contributed by atoms with Crippen LogP contribution >= 0.6 is 0 Å². The molecule has 39 heavy (non-hydrogen) atoms. The van der Waals surface area contributed by atoms with Crippen LogP contribution in [-0.2, 0) is 30.3 Å². The first-order valence-electron chi connectivity index (χ1n) is 12.1. The lowest BCUT2D eigenvalue weighted by atomic mass is 9.99. The first-order valence-corrected chi connectivity index (χ1v) is 12.1. The van der Waals surface area contributed by atoms with Crippen molar-refractivity contribution in [2.75, 3.05) is 28.4 Å². The van der Waals surface area contributed by atoms with Crippen LogP contribution in [0.5, 0.6) is 5.75 Å². The highest BCUT2D eigenvalue weighted by atomic mass is 19.4. The number of ether oxygens (including phenoxy) is 5. The van der Waals surface area contributed by atoms with Crippen molar-refractivity contribution < 1.29 is 41.7 Å². The Kier molecular flexibility index (Phi) is 9.20. The zero-order valence-electron chi connectivity index (χ0n) is 22.2. The molecule has 2 heterocycles. The number of hydrogen-bond donors (Lipinski definition) is 0. The standard InChI is InChI=1S/C26H31F3N4O6/c1-16-21(34-3)22(35-4)23(36-5)25(37-16)39-32(2)14-17-6-8-18(9-7-17)24-30-15-33(31-24)19-10-12-20(13-11-19)38-26(27,28)29/h6-13,15-16,21-23,25H,14H2,1-5H3/t16-,21?,22+,23+,25?/m0/s1. The summed E-state index contributed by atoms with van der Waals surface area (Å²) in [6, 6.07) is 13.0. The van der Waals surface area contributed by atoms with Gasteiger partial charge in [0.05, 0.1) is 11.8 Å². The molecule has 1 aliphatic heterocycles. The lowest BCUT2D eigenvalue weighted by Crippen LogP contribution is -2.60. The molecule has 10 nitrogen and oxygen atoms in total. The highest BCUT2D eigenvalue weighted by Gasteiger charge is 2.46. The molecule has 0 saturated carbocycles. The minimum Gasteiger partial charge on any atom is -0.406 e. The first kappa shape index (κ1) is 28.9. The van der Waals surface area contributed by atoms with Crippen molar-refractivity contribution in [2.45, 2.75) is 50.5 Å². The number of benzene rings is 2. The summed E-state index contributed by atoms with van der Waals surface area (Å²) >= 11 is 0. The van der Waals surface area contributed by atoms with Gasteiger partial charge in [0, 0.05) is 40.5 Å². The second-order valence-electron chi connectivity index (χ2n) is 8.95. The highest BCUT2D eigenvalue weighted by Crippen LogP contribution is 2.28. The Balaban J connectivity index is 1.37. The van der Waals surface area contributed by atoms with Crippen LogP contribution < -0.4 is 4.74 Å². The molecule has 0 radical (unpaired) electrons. The average Bonchev–Trinajstić information content (AvgIpc) is 3.38. The third kappa shape index (κ3) is 7.12. The van der Waals surface area contributed by atoms with Crippen LogP contribution in [0.2, 0.25) is 0 Å². The van der Waals surface area contributed by atoms with Gasteiger partial charge in [-0.3, -0.25) is 4.84 Å². The summed E-state index contributed by atoms with van der Waals surface area (Å²) in [4.78, 5) is 10.4. The van der Waals surface area contributed by atoms with E-state index in [-0.39, 0.29) is 24.1 Å². The maximum atomic E-state index is 12.4. The van der Waals surface area contributed by atoms with Crippen molar-refractivity contribution in [2.24, 2.45) is 0 Å². The zero-order valence-corrected chi connectivity index (χ0v) is 22.2. The van der Waals surface area contributed by atoms with Crippen molar-refractivity contribution in [1.82, 2.24) is 19.8 Å². The summed E-state index contributed by atoms with van der Waals surface area (Å²) < 4.78 is 65.3. The number of aromatic nitrogens is 3. The van der Waals surface area contributed by atoms with Crippen LogP contribution in [0.15, 0.2) is 54.9 Å². The maximum Gasteiger partial charge on any atom is 0.573 e. The minimum absolute atomic E-state index is 0.262. The lowest BCUT2D eigenvalue weighted by molar-refractivity contribution is -0.361. The summed E-state index contributed by atoms with van der Waals surface area (Å²) in [6.45, 7) is 2.36. The number of rotatable bonds is 10. The Hall–Kier alpha value is -3.07. The maximum absolute atomic E-state index is 12.4. The van der Waals surface area contributed by atoms with Gasteiger partial charge in [-0.2, -0.15) is 5.06 Å². The SMILES string of the molecule is COC1[C@H](C)OC(ON(C)Cc2ccc(-c3ncn(-c4ccc(OC(F)(F)F)cc4)n3)cc2)[C@H](OC)[C@@H]1OC. The summed E-state index contributed by atoms with van der Waals surface area (Å²) in [5, 5.41) is 6.09. The van der Waals surface area contributed by atoms with E-state index in [1.165, 1.54) is 35.3 Å². The van der Waals surface area contributed by atoms with E-state index < -0.39 is 18.8 Å². The van der Waals surface area contributed by atoms with E-state index in [2.05, 4.69) is 14.8 Å². The Morgan fingerprint density at radius 1 is 0.923 bits per heavy atom. The molecule has 0 spiro atoms. The highest BCUT2D eigenvalue weighted by molar-refractivity contribution is 5.55. The summed E-state index contributed by atoms with van der Waals surface area (Å²) in [7, 11) is 6.58. The second-order valence-corrected chi connectivity index (χ2v) is 8.95. The van der Waals surface area contributed by atoms with Gasteiger partial charge in [0.15, 0.2) is 5.82 Å². The molecular formula is C26H31F3N4O6. The van der Waals surface area contributed by atoms with E-state index in [0.29, 0.717) is 18.1 Å². The minimum atomic E-state index is -4.75. The molecule has 1 saturated heterocycles. The van der Waals surface area contributed by atoms with E-state index in [9.17, 15) is 13.2 Å². The molecule has 1 aromatic heterocycles. The fourth-order valence-electron chi connectivity index (χ4n) is 4.45. The van der Waals surface area contributed by atoms with Gasteiger partial charge in [-0.05, 0) is 36.8 Å². The van der Waals surface area contributed by atoms with Crippen molar-refractivity contribution in [3.63, 3.8) is 0 Å². The lowest BCUT2D eigenvalue weighted by Gasteiger charge is -2.44. The molecule has 2 unspecified atom stereocenters. The molecule has 13 heteroatoms. The second kappa shape index (κ2) is 12.4. The van der Waals surface area contributed by atoms with Crippen molar-refractivity contribution >= 4 is 0 Å². The van der Waals surface area contributed by atoms with E-state index in [1.54, 1.807) is 33.4 Å². The predicted octanol–water partition coefficient (Wildman–Crippen LogP) is 3.99. The van der Waals surface area contributed by atoms with Crippen molar-refractivity contribution in [3.05, 3.63) is 60.4 Å². The molecule has 0 amide bonds. The molecule has 3 aromatic rings. The van der Waals surface area contributed by atoms with Gasteiger partial charge in [0.25, 0.3) is 0 Å². The number of nitrogens with zero attached hydrogens (tertiary/aromatic N) is 4.